The van der Waals surface area contributed by atoms with Crippen molar-refractivity contribution in [2.24, 2.45) is 5.41 Å². The monoisotopic (exact) mass is 276 g/mol. The van der Waals surface area contributed by atoms with E-state index in [-0.39, 0.29) is 0 Å². The Morgan fingerprint density at radius 2 is 2.00 bits per heavy atom. The molecule has 0 spiro atoms. The molecule has 0 aliphatic rings. The molecule has 0 radical (unpaired) electrons. The first-order valence-corrected chi connectivity index (χ1v) is 6.48. The summed E-state index contributed by atoms with van der Waals surface area (Å²) in [5, 5.41) is 17.0. The van der Waals surface area contributed by atoms with Crippen LogP contribution in [0.3, 0.4) is 0 Å². The second-order valence-corrected chi connectivity index (χ2v) is 6.07. The third-order valence-electron chi connectivity index (χ3n) is 4.04. The lowest BCUT2D eigenvalue weighted by Gasteiger charge is -2.39. The Morgan fingerprint density at radius 1 is 1.35 bits per heavy atom. The normalized spacial score (nSPS) is 12.7. The highest BCUT2D eigenvalue weighted by molar-refractivity contribution is 5.77. The largest absolute Gasteiger partial charge is 0.481 e. The lowest BCUT2D eigenvalue weighted by molar-refractivity contribution is -0.149. The second-order valence-electron chi connectivity index (χ2n) is 6.07. The number of nitrogens with one attached hydrogen (secondary N) is 1. The number of hydrogen-bond donors (Lipinski definition) is 2. The van der Waals surface area contributed by atoms with E-state index in [0.29, 0.717) is 5.82 Å². The quantitative estimate of drug-likeness (QED) is 0.896. The molecule has 2 aromatic heterocycles. The maximum absolute atomic E-state index is 11.4. The number of aryl methyl sites for hydroxylation is 1. The molecule has 0 amide bonds. The van der Waals surface area contributed by atoms with Gasteiger partial charge in [-0.05, 0) is 40.7 Å². The van der Waals surface area contributed by atoms with E-state index in [1.54, 1.807) is 30.8 Å². The Labute approximate surface area is 117 Å². The van der Waals surface area contributed by atoms with Crippen LogP contribution in [0.4, 0.5) is 5.82 Å². The van der Waals surface area contributed by atoms with E-state index < -0.39 is 16.9 Å². The van der Waals surface area contributed by atoms with Crippen molar-refractivity contribution in [1.29, 1.82) is 0 Å². The highest BCUT2D eigenvalue weighted by atomic mass is 16.4. The van der Waals surface area contributed by atoms with Crippen LogP contribution in [0, 0.1) is 12.3 Å². The number of fused-ring (bicyclic) bond motifs is 1. The van der Waals surface area contributed by atoms with Crippen molar-refractivity contribution in [3.8, 4) is 0 Å². The molecular formula is C14H20N4O2. The molecule has 2 N–H and O–H groups in total. The smallest absolute Gasteiger partial charge is 0.311 e. The van der Waals surface area contributed by atoms with Crippen molar-refractivity contribution in [2.75, 3.05) is 5.32 Å². The topological polar surface area (TPSA) is 79.5 Å². The average Bonchev–Trinajstić information content (AvgIpc) is 2.69. The maximum Gasteiger partial charge on any atom is 0.311 e. The summed E-state index contributed by atoms with van der Waals surface area (Å²) >= 11 is 0. The Balaban J connectivity index is 2.44. The highest BCUT2D eigenvalue weighted by Gasteiger charge is 2.44. The molecule has 6 heteroatoms. The van der Waals surface area contributed by atoms with Crippen LogP contribution in [0.2, 0.25) is 0 Å². The van der Waals surface area contributed by atoms with Crippen molar-refractivity contribution < 1.29 is 9.90 Å². The summed E-state index contributed by atoms with van der Waals surface area (Å²) in [5.74, 6) is -0.223. The maximum atomic E-state index is 11.4. The van der Waals surface area contributed by atoms with Crippen LogP contribution >= 0.6 is 0 Å². The zero-order valence-corrected chi connectivity index (χ0v) is 12.4. The highest BCUT2D eigenvalue weighted by Crippen LogP contribution is 2.34. The van der Waals surface area contributed by atoms with Gasteiger partial charge in [-0.2, -0.15) is 5.10 Å². The van der Waals surface area contributed by atoms with E-state index >= 15 is 0 Å². The minimum absolute atomic E-state index is 0.632. The molecule has 108 valence electrons. The first-order chi connectivity index (χ1) is 9.15. The van der Waals surface area contributed by atoms with Crippen molar-refractivity contribution in [1.82, 2.24) is 14.6 Å². The molecule has 6 nitrogen and oxygen atoms in total. The van der Waals surface area contributed by atoms with Crippen molar-refractivity contribution in [3.05, 3.63) is 24.2 Å². The molecule has 0 saturated carbocycles. The fraction of sp³-hybridized carbons (Fsp3) is 0.500. The van der Waals surface area contributed by atoms with Crippen LogP contribution in [0.1, 0.15) is 33.4 Å². The molecule has 0 aromatic carbocycles. The zero-order valence-electron chi connectivity index (χ0n) is 12.4. The van der Waals surface area contributed by atoms with Gasteiger partial charge < -0.3 is 10.4 Å². The predicted octanol–water partition coefficient (Wildman–Crippen LogP) is 2.34. The number of carboxylic acid groups (broad SMARTS) is 1. The van der Waals surface area contributed by atoms with Crippen LogP contribution in [0.5, 0.6) is 0 Å². The van der Waals surface area contributed by atoms with Gasteiger partial charge in [0.05, 0.1) is 11.1 Å². The summed E-state index contributed by atoms with van der Waals surface area (Å²) in [5.41, 5.74) is 0.0956. The molecule has 0 aliphatic carbocycles. The fourth-order valence-corrected chi connectivity index (χ4v) is 1.86. The first-order valence-electron chi connectivity index (χ1n) is 6.48. The van der Waals surface area contributed by atoms with Gasteiger partial charge in [-0.3, -0.25) is 4.79 Å². The molecule has 20 heavy (non-hydrogen) atoms. The van der Waals surface area contributed by atoms with Gasteiger partial charge in [0.2, 0.25) is 0 Å². The lowest BCUT2D eigenvalue weighted by atomic mass is 9.74. The number of nitrogens with zero attached hydrogens (tertiary/aromatic N) is 3. The summed E-state index contributed by atoms with van der Waals surface area (Å²) in [7, 11) is 0. The molecule has 2 heterocycles. The second kappa shape index (κ2) is 4.47. The van der Waals surface area contributed by atoms with E-state index in [2.05, 4.69) is 15.4 Å². The van der Waals surface area contributed by atoms with Gasteiger partial charge in [-0.1, -0.05) is 0 Å². The number of carboxylic acids is 1. The minimum Gasteiger partial charge on any atom is -0.481 e. The molecule has 2 rings (SSSR count). The van der Waals surface area contributed by atoms with Crippen LogP contribution in [0.25, 0.3) is 5.52 Å². The summed E-state index contributed by atoms with van der Waals surface area (Å²) < 4.78 is 1.73. The van der Waals surface area contributed by atoms with Gasteiger partial charge in [0.1, 0.15) is 5.52 Å². The van der Waals surface area contributed by atoms with Crippen molar-refractivity contribution in [2.45, 2.75) is 40.2 Å². The van der Waals surface area contributed by atoms with Crippen molar-refractivity contribution >= 4 is 17.3 Å². The number of aliphatic carboxylic acids is 1. The van der Waals surface area contributed by atoms with Gasteiger partial charge >= 0.3 is 5.97 Å². The van der Waals surface area contributed by atoms with Gasteiger partial charge in [0.25, 0.3) is 0 Å². The van der Waals surface area contributed by atoms with Crippen LogP contribution in [0.15, 0.2) is 18.5 Å². The number of aromatic nitrogens is 3. The average molecular weight is 276 g/mol. The molecule has 0 aliphatic heterocycles. The third kappa shape index (κ3) is 2.21. The SMILES string of the molecule is Cc1cc2c(NC(C)(C)C(C)(C)C(=O)O)nccn2n1. The van der Waals surface area contributed by atoms with E-state index in [9.17, 15) is 9.90 Å². The van der Waals surface area contributed by atoms with Gasteiger partial charge in [-0.25, -0.2) is 9.50 Å². The fourth-order valence-electron chi connectivity index (χ4n) is 1.86. The molecule has 0 atom stereocenters. The van der Waals surface area contributed by atoms with Gasteiger partial charge in [0.15, 0.2) is 5.82 Å². The summed E-state index contributed by atoms with van der Waals surface area (Å²) in [6, 6.07) is 1.92. The lowest BCUT2D eigenvalue weighted by Crippen LogP contribution is -2.50. The summed E-state index contributed by atoms with van der Waals surface area (Å²) in [4.78, 5) is 15.8. The molecule has 0 fully saturated rings. The Hall–Kier alpha value is -2.11. The van der Waals surface area contributed by atoms with E-state index in [4.69, 9.17) is 0 Å². The molecule has 0 unspecified atom stereocenters. The Bertz CT molecular complexity index is 658. The number of carbonyl (C=O) groups is 1. The zero-order chi connectivity index (χ0) is 15.1. The standard InChI is InChI=1S/C14H20N4O2/c1-9-8-10-11(15-6-7-18(10)17-9)16-14(4,5)13(2,3)12(19)20/h6-8H,1-5H3,(H,15,16)(H,19,20). The van der Waals surface area contributed by atoms with E-state index in [1.807, 2.05) is 26.8 Å². The van der Waals surface area contributed by atoms with Crippen molar-refractivity contribution in [3.63, 3.8) is 0 Å². The minimum atomic E-state index is -0.948. The van der Waals surface area contributed by atoms with E-state index in [0.717, 1.165) is 11.2 Å². The van der Waals surface area contributed by atoms with Gasteiger partial charge in [0, 0.05) is 17.9 Å². The number of rotatable bonds is 4. The predicted molar refractivity (Wildman–Crippen MR) is 76.8 cm³/mol. The van der Waals surface area contributed by atoms with E-state index in [1.165, 1.54) is 0 Å². The molecular weight excluding hydrogens is 256 g/mol. The van der Waals surface area contributed by atoms with Crippen LogP contribution in [-0.4, -0.2) is 31.2 Å². The molecule has 2 aromatic rings. The number of anilines is 1. The van der Waals surface area contributed by atoms with Crippen LogP contribution in [-0.2, 0) is 4.79 Å². The Kier molecular flexibility index (Phi) is 3.20. The Morgan fingerprint density at radius 3 is 2.60 bits per heavy atom. The first kappa shape index (κ1) is 14.3. The summed E-state index contributed by atoms with van der Waals surface area (Å²) in [6.07, 6.45) is 3.41. The van der Waals surface area contributed by atoms with Gasteiger partial charge in [-0.15, -0.1) is 0 Å². The van der Waals surface area contributed by atoms with Crippen LogP contribution < -0.4 is 5.32 Å². The third-order valence-corrected chi connectivity index (χ3v) is 4.04. The summed E-state index contributed by atoms with van der Waals surface area (Å²) in [6.45, 7) is 9.02. The molecule has 0 saturated heterocycles. The number of hydrogen-bond acceptors (Lipinski definition) is 4. The molecule has 0 bridgehead atoms.